The molecule has 90 valence electrons. The molecule has 2 N–H and O–H groups in total. The lowest BCUT2D eigenvalue weighted by Gasteiger charge is -2.27. The van der Waals surface area contributed by atoms with E-state index in [9.17, 15) is 4.79 Å². The lowest BCUT2D eigenvalue weighted by atomic mass is 9.88. The fraction of sp³-hybridized carbons (Fsp3) is 0.833. The van der Waals surface area contributed by atoms with Gasteiger partial charge in [0.1, 0.15) is 6.04 Å². The van der Waals surface area contributed by atoms with Gasteiger partial charge in [0.25, 0.3) is 0 Å². The molecule has 4 heteroatoms. The van der Waals surface area contributed by atoms with Gasteiger partial charge in [-0.3, -0.25) is 4.79 Å². The summed E-state index contributed by atoms with van der Waals surface area (Å²) in [6, 6.07) is 1.42. The molecule has 0 aliphatic carbocycles. The average Bonchev–Trinajstić information content (AvgIpc) is 2.61. The predicted octanol–water partition coefficient (Wildman–Crippen LogP) is 1.26. The van der Waals surface area contributed by atoms with Gasteiger partial charge in [-0.1, -0.05) is 20.8 Å². The normalized spacial score (nSPS) is 22.9. The van der Waals surface area contributed by atoms with Crippen molar-refractivity contribution in [1.82, 2.24) is 4.90 Å². The van der Waals surface area contributed by atoms with Gasteiger partial charge in [-0.2, -0.15) is 5.26 Å². The van der Waals surface area contributed by atoms with Gasteiger partial charge in [0.15, 0.2) is 0 Å². The molecule has 0 aromatic heterocycles. The van der Waals surface area contributed by atoms with Crippen molar-refractivity contribution in [2.75, 3.05) is 6.54 Å². The van der Waals surface area contributed by atoms with E-state index in [0.717, 1.165) is 12.8 Å². The van der Waals surface area contributed by atoms with Gasteiger partial charge in [-0.05, 0) is 24.7 Å². The fourth-order valence-corrected chi connectivity index (χ4v) is 2.12. The number of nitriles is 1. The van der Waals surface area contributed by atoms with Crippen molar-refractivity contribution in [1.29, 1.82) is 5.26 Å². The summed E-state index contributed by atoms with van der Waals surface area (Å²) in [5.74, 6) is -0.0704. The highest BCUT2D eigenvalue weighted by molar-refractivity contribution is 5.82. The van der Waals surface area contributed by atoms with E-state index in [-0.39, 0.29) is 17.4 Å². The van der Waals surface area contributed by atoms with E-state index in [0.29, 0.717) is 13.0 Å². The molecule has 0 bridgehead atoms. The van der Waals surface area contributed by atoms with E-state index >= 15 is 0 Å². The van der Waals surface area contributed by atoms with Crippen molar-refractivity contribution in [3.8, 4) is 6.07 Å². The second kappa shape index (κ2) is 4.84. The number of hydrogen-bond acceptors (Lipinski definition) is 3. The van der Waals surface area contributed by atoms with Crippen LogP contribution in [0.3, 0.4) is 0 Å². The van der Waals surface area contributed by atoms with Crippen LogP contribution in [0, 0.1) is 16.7 Å². The zero-order valence-electron chi connectivity index (χ0n) is 10.4. The second-order valence-electron chi connectivity index (χ2n) is 5.69. The molecule has 16 heavy (non-hydrogen) atoms. The average molecular weight is 223 g/mol. The molecule has 1 aliphatic rings. The summed E-state index contributed by atoms with van der Waals surface area (Å²) in [5, 5.41) is 8.91. The number of rotatable bonds is 2. The quantitative estimate of drug-likeness (QED) is 0.766. The minimum Gasteiger partial charge on any atom is -0.325 e. The number of hydrogen-bond donors (Lipinski definition) is 1. The molecule has 0 aromatic rings. The summed E-state index contributed by atoms with van der Waals surface area (Å²) in [4.78, 5) is 13.7. The van der Waals surface area contributed by atoms with Crippen LogP contribution >= 0.6 is 0 Å². The SMILES string of the molecule is CC(C)(C)C[C@H](N)C(=O)N1CCC[C@H]1C#N. The van der Waals surface area contributed by atoms with Gasteiger partial charge < -0.3 is 10.6 Å². The monoisotopic (exact) mass is 223 g/mol. The molecular formula is C12H21N3O. The number of likely N-dealkylation sites (tertiary alicyclic amines) is 1. The Morgan fingerprint density at radius 1 is 1.62 bits per heavy atom. The second-order valence-corrected chi connectivity index (χ2v) is 5.69. The highest BCUT2D eigenvalue weighted by atomic mass is 16.2. The fourth-order valence-electron chi connectivity index (χ4n) is 2.12. The van der Waals surface area contributed by atoms with Crippen LogP contribution < -0.4 is 5.73 Å². The maximum absolute atomic E-state index is 12.0. The van der Waals surface area contributed by atoms with Crippen LogP contribution in [0.25, 0.3) is 0 Å². The Bertz CT molecular complexity index is 300. The molecule has 4 nitrogen and oxygen atoms in total. The van der Waals surface area contributed by atoms with E-state index in [1.807, 2.05) is 0 Å². The molecule has 1 heterocycles. The third-order valence-electron chi connectivity index (χ3n) is 2.83. The molecule has 2 atom stereocenters. The summed E-state index contributed by atoms with van der Waals surface area (Å²) >= 11 is 0. The Balaban J connectivity index is 2.61. The van der Waals surface area contributed by atoms with Gasteiger partial charge in [0.05, 0.1) is 12.1 Å². The zero-order valence-corrected chi connectivity index (χ0v) is 10.4. The van der Waals surface area contributed by atoms with Crippen molar-refractivity contribution < 1.29 is 4.79 Å². The van der Waals surface area contributed by atoms with Gasteiger partial charge in [-0.15, -0.1) is 0 Å². The number of amides is 1. The number of carbonyl (C=O) groups excluding carboxylic acids is 1. The van der Waals surface area contributed by atoms with Crippen molar-refractivity contribution in [3.63, 3.8) is 0 Å². The minimum absolute atomic E-state index is 0.0386. The molecule has 0 saturated carbocycles. The topological polar surface area (TPSA) is 70.1 Å². The minimum atomic E-state index is -0.478. The Morgan fingerprint density at radius 3 is 2.75 bits per heavy atom. The first kappa shape index (κ1) is 13.0. The highest BCUT2D eigenvalue weighted by Crippen LogP contribution is 2.23. The number of nitrogens with two attached hydrogens (primary N) is 1. The third kappa shape index (κ3) is 3.21. The first-order valence-electron chi connectivity index (χ1n) is 5.81. The Kier molecular flexibility index (Phi) is 3.93. The van der Waals surface area contributed by atoms with Crippen LogP contribution in [0.2, 0.25) is 0 Å². The van der Waals surface area contributed by atoms with E-state index in [4.69, 9.17) is 11.0 Å². The molecule has 1 aliphatic heterocycles. The van der Waals surface area contributed by atoms with Crippen LogP contribution in [0.5, 0.6) is 0 Å². The molecule has 1 fully saturated rings. The van der Waals surface area contributed by atoms with Crippen molar-refractivity contribution in [3.05, 3.63) is 0 Å². The molecular weight excluding hydrogens is 202 g/mol. The predicted molar refractivity (Wildman–Crippen MR) is 62.4 cm³/mol. The van der Waals surface area contributed by atoms with Gasteiger partial charge >= 0.3 is 0 Å². The van der Waals surface area contributed by atoms with E-state index in [1.54, 1.807) is 4.90 Å². The molecule has 0 radical (unpaired) electrons. The van der Waals surface area contributed by atoms with Crippen LogP contribution in [0.4, 0.5) is 0 Å². The van der Waals surface area contributed by atoms with E-state index in [1.165, 1.54) is 0 Å². The lowest BCUT2D eigenvalue weighted by Crippen LogP contribution is -2.47. The summed E-state index contributed by atoms with van der Waals surface area (Å²) < 4.78 is 0. The van der Waals surface area contributed by atoms with Crippen LogP contribution in [-0.4, -0.2) is 29.4 Å². The molecule has 0 spiro atoms. The Morgan fingerprint density at radius 2 is 2.25 bits per heavy atom. The maximum atomic E-state index is 12.0. The summed E-state index contributed by atoms with van der Waals surface area (Å²) in [5.41, 5.74) is 5.94. The Labute approximate surface area is 97.4 Å². The maximum Gasteiger partial charge on any atom is 0.240 e. The zero-order chi connectivity index (χ0) is 12.3. The van der Waals surface area contributed by atoms with E-state index < -0.39 is 6.04 Å². The number of carbonyl (C=O) groups is 1. The van der Waals surface area contributed by atoms with Gasteiger partial charge in [0, 0.05) is 6.54 Å². The molecule has 0 unspecified atom stereocenters. The van der Waals surface area contributed by atoms with Crippen molar-refractivity contribution in [2.45, 2.75) is 52.1 Å². The Hall–Kier alpha value is -1.08. The third-order valence-corrected chi connectivity index (χ3v) is 2.83. The van der Waals surface area contributed by atoms with Crippen LogP contribution in [0.15, 0.2) is 0 Å². The van der Waals surface area contributed by atoms with Gasteiger partial charge in [-0.25, -0.2) is 0 Å². The summed E-state index contributed by atoms with van der Waals surface area (Å²) in [7, 11) is 0. The summed E-state index contributed by atoms with van der Waals surface area (Å²) in [6.45, 7) is 6.86. The molecule has 1 amide bonds. The number of nitrogens with zero attached hydrogens (tertiary/aromatic N) is 2. The summed E-state index contributed by atoms with van der Waals surface area (Å²) in [6.07, 6.45) is 2.34. The molecule has 1 rings (SSSR count). The molecule has 0 aromatic carbocycles. The van der Waals surface area contributed by atoms with Crippen LogP contribution in [0.1, 0.15) is 40.0 Å². The van der Waals surface area contributed by atoms with Crippen LogP contribution in [-0.2, 0) is 4.79 Å². The smallest absolute Gasteiger partial charge is 0.240 e. The first-order chi connectivity index (χ1) is 7.35. The highest BCUT2D eigenvalue weighted by Gasteiger charge is 2.32. The van der Waals surface area contributed by atoms with Crippen molar-refractivity contribution in [2.24, 2.45) is 11.1 Å². The molecule has 1 saturated heterocycles. The van der Waals surface area contributed by atoms with Gasteiger partial charge in [0.2, 0.25) is 5.91 Å². The van der Waals surface area contributed by atoms with Crippen molar-refractivity contribution >= 4 is 5.91 Å². The largest absolute Gasteiger partial charge is 0.325 e. The lowest BCUT2D eigenvalue weighted by molar-refractivity contribution is -0.133. The van der Waals surface area contributed by atoms with E-state index in [2.05, 4.69) is 26.8 Å². The standard InChI is InChI=1S/C12H21N3O/c1-12(2,3)7-10(14)11(16)15-6-4-5-9(15)8-13/h9-10H,4-7,14H2,1-3H3/t9-,10-/m0/s1. The first-order valence-corrected chi connectivity index (χ1v) is 5.81.